The SMILES string of the molecule is Cc1ccc(N2CC(C(=O)Nc3cccc(CSC4CCOCC4)c3)CC2=O)cc1. The number of anilines is 2. The summed E-state index contributed by atoms with van der Waals surface area (Å²) in [5.41, 5.74) is 4.00. The fraction of sp³-hybridized carbons (Fsp3) is 0.417. The molecule has 0 aliphatic carbocycles. The number of thioether (sulfide) groups is 1. The number of nitrogens with zero attached hydrogens (tertiary/aromatic N) is 1. The molecule has 4 rings (SSSR count). The van der Waals surface area contributed by atoms with Gasteiger partial charge in [-0.3, -0.25) is 9.59 Å². The van der Waals surface area contributed by atoms with Crippen LogP contribution in [0.25, 0.3) is 0 Å². The van der Waals surface area contributed by atoms with E-state index in [1.54, 1.807) is 4.90 Å². The van der Waals surface area contributed by atoms with E-state index in [9.17, 15) is 9.59 Å². The summed E-state index contributed by atoms with van der Waals surface area (Å²) in [6, 6.07) is 15.9. The number of nitrogens with one attached hydrogen (secondary N) is 1. The van der Waals surface area contributed by atoms with Crippen molar-refractivity contribution in [3.8, 4) is 0 Å². The molecule has 2 aliphatic rings. The summed E-state index contributed by atoms with van der Waals surface area (Å²) in [5, 5.41) is 3.66. The van der Waals surface area contributed by atoms with E-state index >= 15 is 0 Å². The number of rotatable bonds is 6. The Hall–Kier alpha value is -2.31. The van der Waals surface area contributed by atoms with E-state index in [-0.39, 0.29) is 24.2 Å². The van der Waals surface area contributed by atoms with Gasteiger partial charge < -0.3 is 15.0 Å². The van der Waals surface area contributed by atoms with E-state index in [1.165, 1.54) is 5.56 Å². The summed E-state index contributed by atoms with van der Waals surface area (Å²) in [4.78, 5) is 27.0. The summed E-state index contributed by atoms with van der Waals surface area (Å²) in [7, 11) is 0. The first kappa shape index (κ1) is 20.9. The van der Waals surface area contributed by atoms with Crippen LogP contribution in [0.4, 0.5) is 11.4 Å². The first-order valence-corrected chi connectivity index (χ1v) is 11.6. The predicted octanol–water partition coefficient (Wildman–Crippen LogP) is 4.40. The Morgan fingerprint density at radius 2 is 1.93 bits per heavy atom. The van der Waals surface area contributed by atoms with E-state index in [0.717, 1.165) is 48.7 Å². The van der Waals surface area contributed by atoms with Crippen molar-refractivity contribution in [2.45, 2.75) is 37.2 Å². The molecule has 0 aromatic heterocycles. The van der Waals surface area contributed by atoms with Gasteiger partial charge in [0.25, 0.3) is 0 Å². The molecular weight excluding hydrogens is 396 g/mol. The maximum Gasteiger partial charge on any atom is 0.229 e. The van der Waals surface area contributed by atoms with Crippen molar-refractivity contribution in [3.05, 3.63) is 59.7 Å². The zero-order chi connectivity index (χ0) is 20.9. The number of hydrogen-bond acceptors (Lipinski definition) is 4. The molecule has 30 heavy (non-hydrogen) atoms. The number of aryl methyl sites for hydroxylation is 1. The molecule has 2 amide bonds. The Morgan fingerprint density at radius 1 is 1.17 bits per heavy atom. The lowest BCUT2D eigenvalue weighted by Crippen LogP contribution is -2.28. The van der Waals surface area contributed by atoms with Crippen LogP contribution in [0.3, 0.4) is 0 Å². The highest BCUT2D eigenvalue weighted by atomic mass is 32.2. The minimum absolute atomic E-state index is 0.000570. The fourth-order valence-electron chi connectivity index (χ4n) is 3.90. The highest BCUT2D eigenvalue weighted by Gasteiger charge is 2.35. The molecule has 2 saturated heterocycles. The molecule has 0 bridgehead atoms. The first-order chi connectivity index (χ1) is 14.6. The van der Waals surface area contributed by atoms with Gasteiger partial charge in [0.15, 0.2) is 0 Å². The molecule has 5 nitrogen and oxygen atoms in total. The van der Waals surface area contributed by atoms with Gasteiger partial charge in [0, 0.05) is 48.6 Å². The quantitative estimate of drug-likeness (QED) is 0.747. The molecule has 0 spiro atoms. The first-order valence-electron chi connectivity index (χ1n) is 10.5. The number of amides is 2. The third kappa shape index (κ3) is 5.24. The van der Waals surface area contributed by atoms with Crippen molar-refractivity contribution in [1.82, 2.24) is 0 Å². The van der Waals surface area contributed by atoms with Crippen molar-refractivity contribution in [1.29, 1.82) is 0 Å². The molecule has 2 aliphatic heterocycles. The maximum absolute atomic E-state index is 12.8. The summed E-state index contributed by atoms with van der Waals surface area (Å²) in [6.07, 6.45) is 2.46. The van der Waals surface area contributed by atoms with Crippen molar-refractivity contribution >= 4 is 35.0 Å². The summed E-state index contributed by atoms with van der Waals surface area (Å²) in [6.45, 7) is 4.15. The molecule has 6 heteroatoms. The number of benzene rings is 2. The number of ether oxygens (including phenoxy) is 1. The summed E-state index contributed by atoms with van der Waals surface area (Å²) in [5.74, 6) is 0.504. The smallest absolute Gasteiger partial charge is 0.229 e. The largest absolute Gasteiger partial charge is 0.381 e. The lowest BCUT2D eigenvalue weighted by molar-refractivity contribution is -0.122. The molecule has 1 N–H and O–H groups in total. The van der Waals surface area contributed by atoms with Crippen LogP contribution in [-0.2, 0) is 20.1 Å². The van der Waals surface area contributed by atoms with Gasteiger partial charge in [0.05, 0.1) is 5.92 Å². The Labute approximate surface area is 182 Å². The van der Waals surface area contributed by atoms with Crippen LogP contribution < -0.4 is 10.2 Å². The maximum atomic E-state index is 12.8. The Balaban J connectivity index is 1.33. The second kappa shape index (κ2) is 9.67. The molecule has 0 saturated carbocycles. The molecule has 0 radical (unpaired) electrons. The van der Waals surface area contributed by atoms with Gasteiger partial charge >= 0.3 is 0 Å². The van der Waals surface area contributed by atoms with Crippen molar-refractivity contribution in [2.75, 3.05) is 30.0 Å². The molecule has 2 fully saturated rings. The Morgan fingerprint density at radius 3 is 2.70 bits per heavy atom. The molecular formula is C24H28N2O3S. The van der Waals surface area contributed by atoms with Gasteiger partial charge in [-0.1, -0.05) is 29.8 Å². The Bertz CT molecular complexity index is 894. The molecule has 2 aromatic rings. The average Bonchev–Trinajstić information content (AvgIpc) is 3.16. The van der Waals surface area contributed by atoms with Crippen LogP contribution in [0.1, 0.15) is 30.4 Å². The second-order valence-electron chi connectivity index (χ2n) is 8.05. The van der Waals surface area contributed by atoms with Crippen molar-refractivity contribution in [3.63, 3.8) is 0 Å². The highest BCUT2D eigenvalue weighted by Crippen LogP contribution is 2.28. The average molecular weight is 425 g/mol. The minimum atomic E-state index is -0.334. The van der Waals surface area contributed by atoms with Crippen LogP contribution in [0.15, 0.2) is 48.5 Å². The molecule has 2 heterocycles. The van der Waals surface area contributed by atoms with Gasteiger partial charge in [-0.15, -0.1) is 0 Å². The molecule has 158 valence electrons. The fourth-order valence-corrected chi connectivity index (χ4v) is 5.03. The zero-order valence-electron chi connectivity index (χ0n) is 17.3. The van der Waals surface area contributed by atoms with Crippen LogP contribution in [0.2, 0.25) is 0 Å². The van der Waals surface area contributed by atoms with Gasteiger partial charge in [0.1, 0.15) is 0 Å². The minimum Gasteiger partial charge on any atom is -0.381 e. The molecule has 2 aromatic carbocycles. The topological polar surface area (TPSA) is 58.6 Å². The predicted molar refractivity (Wildman–Crippen MR) is 122 cm³/mol. The van der Waals surface area contributed by atoms with E-state index < -0.39 is 0 Å². The van der Waals surface area contributed by atoms with Gasteiger partial charge in [-0.2, -0.15) is 11.8 Å². The van der Waals surface area contributed by atoms with Crippen LogP contribution in [0, 0.1) is 12.8 Å². The van der Waals surface area contributed by atoms with E-state index in [1.807, 2.05) is 61.2 Å². The monoisotopic (exact) mass is 424 g/mol. The van der Waals surface area contributed by atoms with Crippen LogP contribution in [0.5, 0.6) is 0 Å². The van der Waals surface area contributed by atoms with Crippen molar-refractivity contribution < 1.29 is 14.3 Å². The third-order valence-corrected chi connectivity index (χ3v) is 7.13. The normalized spacial score (nSPS) is 19.8. The number of carbonyl (C=O) groups excluding carboxylic acids is 2. The van der Waals surface area contributed by atoms with Gasteiger partial charge in [-0.05, 0) is 49.6 Å². The third-order valence-electron chi connectivity index (χ3n) is 5.69. The zero-order valence-corrected chi connectivity index (χ0v) is 18.1. The molecule has 1 atom stereocenters. The summed E-state index contributed by atoms with van der Waals surface area (Å²) < 4.78 is 5.42. The molecule has 1 unspecified atom stereocenters. The lowest BCUT2D eigenvalue weighted by atomic mass is 10.1. The highest BCUT2D eigenvalue weighted by molar-refractivity contribution is 7.99. The standard InChI is InChI=1S/C24H28N2O3S/c1-17-5-7-21(8-6-17)26-15-19(14-23(26)27)24(28)25-20-4-2-3-18(13-20)16-30-22-9-11-29-12-10-22/h2-8,13,19,22H,9-12,14-16H2,1H3,(H,25,28). The lowest BCUT2D eigenvalue weighted by Gasteiger charge is -2.21. The van der Waals surface area contributed by atoms with E-state index in [0.29, 0.717) is 11.8 Å². The second-order valence-corrected chi connectivity index (χ2v) is 9.34. The van der Waals surface area contributed by atoms with Crippen molar-refractivity contribution in [2.24, 2.45) is 5.92 Å². The number of hydrogen-bond donors (Lipinski definition) is 1. The van der Waals surface area contributed by atoms with Gasteiger partial charge in [0.2, 0.25) is 11.8 Å². The van der Waals surface area contributed by atoms with Gasteiger partial charge in [-0.25, -0.2) is 0 Å². The Kier molecular flexibility index (Phi) is 6.75. The van der Waals surface area contributed by atoms with E-state index in [2.05, 4.69) is 11.4 Å². The van der Waals surface area contributed by atoms with Crippen LogP contribution in [-0.4, -0.2) is 36.8 Å². The number of carbonyl (C=O) groups is 2. The summed E-state index contributed by atoms with van der Waals surface area (Å²) >= 11 is 1.96. The van der Waals surface area contributed by atoms with E-state index in [4.69, 9.17) is 4.74 Å². The van der Waals surface area contributed by atoms with Crippen LogP contribution >= 0.6 is 11.8 Å².